The Bertz CT molecular complexity index is 1330. The number of anilines is 1. The number of nitrogens with zero attached hydrogens (tertiary/aromatic N) is 2. The van der Waals surface area contributed by atoms with E-state index < -0.39 is 16.3 Å². The standard InChI is InChI=1S/C27H25Cl2N3O3S/c1-17(36(34)35)19-5-3-18(4-6-19)11-26(33)31-23-13-24(28)27(25(29)14-23)20-7-8-21(22(12-20)15-30)16-32-9-2-10-32/h3-8,12-14,17H,2,9-11,16H2,1H3,(H,31,33)(H,34,35). The first-order valence-corrected chi connectivity index (χ1v) is 13.4. The molecule has 6 nitrogen and oxygen atoms in total. The number of benzene rings is 3. The average Bonchev–Trinajstić information content (AvgIpc) is 2.81. The Labute approximate surface area is 223 Å². The second-order valence-corrected chi connectivity index (χ2v) is 10.9. The lowest BCUT2D eigenvalue weighted by Gasteiger charge is -2.31. The molecule has 1 amide bonds. The molecule has 2 atom stereocenters. The highest BCUT2D eigenvalue weighted by molar-refractivity contribution is 7.79. The minimum Gasteiger partial charge on any atom is -0.326 e. The minimum absolute atomic E-state index is 0.123. The molecule has 2 unspecified atom stereocenters. The van der Waals surface area contributed by atoms with Gasteiger partial charge in [-0.25, -0.2) is 4.21 Å². The van der Waals surface area contributed by atoms with E-state index in [0.717, 1.165) is 41.9 Å². The van der Waals surface area contributed by atoms with E-state index in [1.807, 2.05) is 12.1 Å². The van der Waals surface area contributed by atoms with Crippen molar-refractivity contribution in [1.82, 2.24) is 4.90 Å². The van der Waals surface area contributed by atoms with Gasteiger partial charge in [-0.1, -0.05) is 59.6 Å². The van der Waals surface area contributed by atoms with Crippen molar-refractivity contribution in [3.05, 3.63) is 86.9 Å². The fraction of sp³-hybridized carbons (Fsp3) is 0.259. The molecular weight excluding hydrogens is 517 g/mol. The lowest BCUT2D eigenvalue weighted by atomic mass is 9.98. The molecule has 1 saturated heterocycles. The molecule has 3 aromatic rings. The van der Waals surface area contributed by atoms with Crippen LogP contribution >= 0.6 is 23.2 Å². The number of likely N-dealkylation sites (tertiary alicyclic amines) is 1. The van der Waals surface area contributed by atoms with Crippen LogP contribution in [0.2, 0.25) is 10.0 Å². The van der Waals surface area contributed by atoms with E-state index in [4.69, 9.17) is 23.2 Å². The second-order valence-electron chi connectivity index (χ2n) is 8.81. The molecule has 1 aliphatic rings. The lowest BCUT2D eigenvalue weighted by Crippen LogP contribution is -2.36. The molecule has 2 N–H and O–H groups in total. The van der Waals surface area contributed by atoms with Crippen LogP contribution in [0.5, 0.6) is 0 Å². The minimum atomic E-state index is -1.95. The molecule has 4 rings (SSSR count). The summed E-state index contributed by atoms with van der Waals surface area (Å²) in [5.74, 6) is -0.247. The van der Waals surface area contributed by atoms with Gasteiger partial charge in [0.25, 0.3) is 0 Å². The van der Waals surface area contributed by atoms with E-state index in [1.54, 1.807) is 49.4 Å². The van der Waals surface area contributed by atoms with Gasteiger partial charge in [0.1, 0.15) is 0 Å². The summed E-state index contributed by atoms with van der Waals surface area (Å²) in [5, 5.41) is 12.7. The van der Waals surface area contributed by atoms with E-state index in [9.17, 15) is 18.8 Å². The van der Waals surface area contributed by atoms with Crippen LogP contribution in [-0.2, 0) is 28.8 Å². The summed E-state index contributed by atoms with van der Waals surface area (Å²) in [6.07, 6.45) is 1.31. The molecule has 0 bridgehead atoms. The van der Waals surface area contributed by atoms with Gasteiger partial charge in [-0.15, -0.1) is 0 Å². The maximum atomic E-state index is 12.6. The molecule has 0 aliphatic carbocycles. The first-order chi connectivity index (χ1) is 17.2. The van der Waals surface area contributed by atoms with Crippen molar-refractivity contribution < 1.29 is 13.6 Å². The van der Waals surface area contributed by atoms with Crippen molar-refractivity contribution in [2.24, 2.45) is 0 Å². The van der Waals surface area contributed by atoms with Crippen molar-refractivity contribution in [2.75, 3.05) is 18.4 Å². The zero-order valence-corrected chi connectivity index (χ0v) is 22.0. The molecule has 36 heavy (non-hydrogen) atoms. The van der Waals surface area contributed by atoms with Gasteiger partial charge < -0.3 is 9.87 Å². The Morgan fingerprint density at radius 2 is 1.81 bits per heavy atom. The Morgan fingerprint density at radius 3 is 2.36 bits per heavy atom. The highest BCUT2D eigenvalue weighted by Gasteiger charge is 2.18. The quantitative estimate of drug-likeness (QED) is 0.331. The summed E-state index contributed by atoms with van der Waals surface area (Å²) >= 11 is 11.2. The van der Waals surface area contributed by atoms with Crippen LogP contribution in [0.15, 0.2) is 54.6 Å². The number of hydrogen-bond donors (Lipinski definition) is 2. The van der Waals surface area contributed by atoms with E-state index in [0.29, 0.717) is 26.9 Å². The largest absolute Gasteiger partial charge is 0.326 e. The van der Waals surface area contributed by atoms with Gasteiger partial charge in [-0.2, -0.15) is 5.26 Å². The number of nitrogens with one attached hydrogen (secondary N) is 1. The number of halogens is 2. The van der Waals surface area contributed by atoms with Gasteiger partial charge >= 0.3 is 0 Å². The summed E-state index contributed by atoms with van der Waals surface area (Å²) < 4.78 is 20.5. The molecule has 1 heterocycles. The maximum absolute atomic E-state index is 12.6. The Balaban J connectivity index is 1.47. The van der Waals surface area contributed by atoms with Gasteiger partial charge in [-0.3, -0.25) is 9.69 Å². The van der Waals surface area contributed by atoms with Gasteiger partial charge in [0.05, 0.1) is 33.3 Å². The third kappa shape index (κ3) is 6.15. The maximum Gasteiger partial charge on any atom is 0.228 e. The van der Waals surface area contributed by atoms with E-state index in [1.165, 1.54) is 6.42 Å². The summed E-state index contributed by atoms with van der Waals surface area (Å²) in [6, 6.07) is 18.2. The lowest BCUT2D eigenvalue weighted by molar-refractivity contribution is -0.115. The zero-order chi connectivity index (χ0) is 25.8. The van der Waals surface area contributed by atoms with Crippen LogP contribution in [0.1, 0.15) is 40.8 Å². The zero-order valence-electron chi connectivity index (χ0n) is 19.6. The van der Waals surface area contributed by atoms with Gasteiger partial charge in [0.15, 0.2) is 11.1 Å². The molecule has 1 aliphatic heterocycles. The number of hydrogen-bond acceptors (Lipinski definition) is 4. The Hall–Kier alpha value is -2.73. The molecule has 3 aromatic carbocycles. The average molecular weight is 542 g/mol. The van der Waals surface area contributed by atoms with Gasteiger partial charge in [0, 0.05) is 17.8 Å². The van der Waals surface area contributed by atoms with E-state index >= 15 is 0 Å². The smallest absolute Gasteiger partial charge is 0.228 e. The van der Waals surface area contributed by atoms with Crippen LogP contribution in [0, 0.1) is 11.3 Å². The van der Waals surface area contributed by atoms with Crippen molar-refractivity contribution in [3.8, 4) is 17.2 Å². The summed E-state index contributed by atoms with van der Waals surface area (Å²) in [6.45, 7) is 4.51. The van der Waals surface area contributed by atoms with Gasteiger partial charge in [0.2, 0.25) is 5.91 Å². The molecule has 0 spiro atoms. The molecule has 0 aromatic heterocycles. The second kappa shape index (κ2) is 11.5. The molecule has 0 radical (unpaired) electrons. The fourth-order valence-corrected chi connectivity index (χ4v) is 5.18. The molecule has 186 valence electrons. The van der Waals surface area contributed by atoms with Crippen molar-refractivity contribution >= 4 is 45.9 Å². The van der Waals surface area contributed by atoms with Gasteiger partial charge in [-0.05, 0) is 66.9 Å². The summed E-state index contributed by atoms with van der Waals surface area (Å²) in [4.78, 5) is 14.9. The van der Waals surface area contributed by atoms with E-state index in [2.05, 4.69) is 16.3 Å². The molecule has 0 saturated carbocycles. The van der Waals surface area contributed by atoms with Crippen molar-refractivity contribution in [3.63, 3.8) is 0 Å². The highest BCUT2D eigenvalue weighted by Crippen LogP contribution is 2.38. The van der Waals surface area contributed by atoms with Crippen LogP contribution in [0.25, 0.3) is 11.1 Å². The van der Waals surface area contributed by atoms with Crippen LogP contribution in [0.4, 0.5) is 5.69 Å². The van der Waals surface area contributed by atoms with Crippen LogP contribution in [-0.4, -0.2) is 32.7 Å². The molecule has 9 heteroatoms. The molecular formula is C27H25Cl2N3O3S. The van der Waals surface area contributed by atoms with Crippen molar-refractivity contribution in [2.45, 2.75) is 31.6 Å². The predicted molar refractivity (Wildman–Crippen MR) is 144 cm³/mol. The van der Waals surface area contributed by atoms with Crippen molar-refractivity contribution in [1.29, 1.82) is 5.26 Å². The number of nitriles is 1. The monoisotopic (exact) mass is 541 g/mol. The summed E-state index contributed by atoms with van der Waals surface area (Å²) in [5.41, 5.74) is 4.87. The van der Waals surface area contributed by atoms with Crippen LogP contribution < -0.4 is 5.32 Å². The fourth-order valence-electron chi connectivity index (χ4n) is 4.09. The predicted octanol–water partition coefficient (Wildman–Crippen LogP) is 6.20. The first kappa shape index (κ1) is 26.3. The van der Waals surface area contributed by atoms with E-state index in [-0.39, 0.29) is 12.3 Å². The number of carbonyl (C=O) groups is 1. The van der Waals surface area contributed by atoms with Crippen LogP contribution in [0.3, 0.4) is 0 Å². The summed E-state index contributed by atoms with van der Waals surface area (Å²) in [7, 11) is 0. The first-order valence-electron chi connectivity index (χ1n) is 11.5. The number of amides is 1. The molecule has 1 fully saturated rings. The topological polar surface area (TPSA) is 93.4 Å². The highest BCUT2D eigenvalue weighted by atomic mass is 35.5. The number of rotatable bonds is 8. The number of carbonyl (C=O) groups excluding carboxylic acids is 1. The normalized spacial score (nSPS) is 15.0. The third-order valence-corrected chi connectivity index (χ3v) is 7.78. The third-order valence-electron chi connectivity index (χ3n) is 6.30. The SMILES string of the molecule is CC(c1ccc(CC(=O)Nc2cc(Cl)c(-c3ccc(CN4CCC4)c(C#N)c3)c(Cl)c2)cc1)S(=O)O. The Morgan fingerprint density at radius 1 is 1.14 bits per heavy atom. The Kier molecular flexibility index (Phi) is 8.45.